The van der Waals surface area contributed by atoms with Gasteiger partial charge in [-0.3, -0.25) is 0 Å². The molecule has 0 saturated heterocycles. The quantitative estimate of drug-likeness (QED) is 0.584. The Balaban J connectivity index is 1.63. The number of halogens is 1. The zero-order valence-corrected chi connectivity index (χ0v) is 15.1. The molecule has 1 aromatic heterocycles. The molecule has 0 unspecified atom stereocenters. The SMILES string of the molecule is COc1ccc(CNc2ncnc(NCc3ccc(Cl)cc3)c2N)cc1. The van der Waals surface area contributed by atoms with Gasteiger partial charge in [-0.05, 0) is 35.4 Å². The summed E-state index contributed by atoms with van der Waals surface area (Å²) in [4.78, 5) is 8.44. The Hall–Kier alpha value is -2.99. The van der Waals surface area contributed by atoms with Crippen LogP contribution in [0.3, 0.4) is 0 Å². The van der Waals surface area contributed by atoms with Crippen LogP contribution < -0.4 is 21.1 Å². The van der Waals surface area contributed by atoms with E-state index in [-0.39, 0.29) is 0 Å². The van der Waals surface area contributed by atoms with Crippen LogP contribution in [0.4, 0.5) is 17.3 Å². The van der Waals surface area contributed by atoms with Crippen molar-refractivity contribution < 1.29 is 4.74 Å². The zero-order valence-electron chi connectivity index (χ0n) is 14.4. The van der Waals surface area contributed by atoms with Crippen molar-refractivity contribution in [2.45, 2.75) is 13.1 Å². The van der Waals surface area contributed by atoms with Gasteiger partial charge in [0.1, 0.15) is 17.8 Å². The van der Waals surface area contributed by atoms with Gasteiger partial charge in [0, 0.05) is 18.1 Å². The third-order valence-electron chi connectivity index (χ3n) is 3.88. The molecule has 0 aliphatic carbocycles. The molecule has 0 spiro atoms. The standard InChI is InChI=1S/C19H20ClN5O/c1-26-16-8-4-14(5-9-16)11-23-19-17(21)18(24-12-25-19)22-10-13-2-6-15(20)7-3-13/h2-9,12H,10-11,21H2,1H3,(H2,22,23,24,25). The second-order valence-electron chi connectivity index (χ2n) is 5.67. The van der Waals surface area contributed by atoms with Crippen molar-refractivity contribution >= 4 is 28.9 Å². The Morgan fingerprint density at radius 1 is 0.885 bits per heavy atom. The maximum Gasteiger partial charge on any atom is 0.155 e. The third kappa shape index (κ3) is 4.55. The summed E-state index contributed by atoms with van der Waals surface area (Å²) < 4.78 is 5.16. The van der Waals surface area contributed by atoms with Crippen molar-refractivity contribution in [2.24, 2.45) is 0 Å². The molecule has 0 radical (unpaired) electrons. The van der Waals surface area contributed by atoms with Gasteiger partial charge < -0.3 is 21.1 Å². The minimum Gasteiger partial charge on any atom is -0.497 e. The van der Waals surface area contributed by atoms with Crippen LogP contribution >= 0.6 is 11.6 Å². The van der Waals surface area contributed by atoms with E-state index >= 15 is 0 Å². The number of nitrogens with zero attached hydrogens (tertiary/aromatic N) is 2. The average molecular weight is 370 g/mol. The van der Waals surface area contributed by atoms with Crippen molar-refractivity contribution in [2.75, 3.05) is 23.5 Å². The fraction of sp³-hybridized carbons (Fsp3) is 0.158. The summed E-state index contributed by atoms with van der Waals surface area (Å²) in [6, 6.07) is 15.4. The lowest BCUT2D eigenvalue weighted by Crippen LogP contribution is -2.10. The van der Waals surface area contributed by atoms with E-state index in [1.807, 2.05) is 48.5 Å². The first-order valence-corrected chi connectivity index (χ1v) is 8.49. The Kier molecular flexibility index (Phi) is 5.76. The molecule has 0 bridgehead atoms. The summed E-state index contributed by atoms with van der Waals surface area (Å²) in [6.45, 7) is 1.19. The first kappa shape index (κ1) is 17.8. The van der Waals surface area contributed by atoms with Crippen LogP contribution in [-0.2, 0) is 13.1 Å². The zero-order chi connectivity index (χ0) is 18.4. The van der Waals surface area contributed by atoms with Crippen molar-refractivity contribution in [3.8, 4) is 5.75 Å². The first-order valence-electron chi connectivity index (χ1n) is 8.11. The molecular weight excluding hydrogens is 350 g/mol. The Bertz CT molecular complexity index is 853. The molecule has 1 heterocycles. The van der Waals surface area contributed by atoms with E-state index in [9.17, 15) is 0 Å². The molecule has 0 amide bonds. The first-order chi connectivity index (χ1) is 12.7. The van der Waals surface area contributed by atoms with Gasteiger partial charge in [0.25, 0.3) is 0 Å². The molecule has 0 fully saturated rings. The average Bonchev–Trinajstić information content (AvgIpc) is 2.68. The number of methoxy groups -OCH3 is 1. The summed E-state index contributed by atoms with van der Waals surface area (Å²) in [6.07, 6.45) is 1.48. The highest BCUT2D eigenvalue weighted by Crippen LogP contribution is 2.24. The second kappa shape index (κ2) is 8.40. The minimum atomic E-state index is 0.481. The molecule has 7 heteroatoms. The van der Waals surface area contributed by atoms with Crippen molar-refractivity contribution in [1.29, 1.82) is 0 Å². The number of nitrogen functional groups attached to an aromatic ring is 1. The minimum absolute atomic E-state index is 0.481. The number of ether oxygens (including phenoxy) is 1. The summed E-state index contributed by atoms with van der Waals surface area (Å²) in [7, 11) is 1.65. The van der Waals surface area contributed by atoms with Gasteiger partial charge in [-0.1, -0.05) is 35.9 Å². The molecule has 4 N–H and O–H groups in total. The summed E-state index contributed by atoms with van der Waals surface area (Å²) >= 11 is 5.90. The summed E-state index contributed by atoms with van der Waals surface area (Å²) in [5.74, 6) is 2.01. The van der Waals surface area contributed by atoms with Crippen LogP contribution in [0.5, 0.6) is 5.75 Å². The van der Waals surface area contributed by atoms with E-state index in [1.54, 1.807) is 7.11 Å². The molecule has 2 aromatic carbocycles. The Morgan fingerprint density at radius 2 is 1.38 bits per heavy atom. The normalized spacial score (nSPS) is 10.4. The van der Waals surface area contributed by atoms with E-state index in [2.05, 4.69) is 20.6 Å². The Morgan fingerprint density at radius 3 is 1.88 bits per heavy atom. The van der Waals surface area contributed by atoms with E-state index in [0.29, 0.717) is 35.4 Å². The van der Waals surface area contributed by atoms with Gasteiger partial charge in [-0.2, -0.15) is 0 Å². The van der Waals surface area contributed by atoms with Gasteiger partial charge >= 0.3 is 0 Å². The van der Waals surface area contributed by atoms with Crippen molar-refractivity contribution in [3.63, 3.8) is 0 Å². The molecule has 0 saturated carbocycles. The number of anilines is 3. The number of nitrogens with one attached hydrogen (secondary N) is 2. The van der Waals surface area contributed by atoms with Crippen LogP contribution in [0.2, 0.25) is 5.02 Å². The largest absolute Gasteiger partial charge is 0.497 e. The molecule has 26 heavy (non-hydrogen) atoms. The van der Waals surface area contributed by atoms with E-state index in [1.165, 1.54) is 6.33 Å². The fourth-order valence-electron chi connectivity index (χ4n) is 2.39. The number of hydrogen-bond donors (Lipinski definition) is 3. The molecular formula is C19H20ClN5O. The molecule has 0 aliphatic heterocycles. The lowest BCUT2D eigenvalue weighted by Gasteiger charge is -2.13. The lowest BCUT2D eigenvalue weighted by atomic mass is 10.2. The highest BCUT2D eigenvalue weighted by atomic mass is 35.5. The number of rotatable bonds is 7. The molecule has 6 nitrogen and oxygen atoms in total. The third-order valence-corrected chi connectivity index (χ3v) is 4.13. The highest BCUT2D eigenvalue weighted by Gasteiger charge is 2.08. The van der Waals surface area contributed by atoms with E-state index < -0.39 is 0 Å². The van der Waals surface area contributed by atoms with Gasteiger partial charge in [0.2, 0.25) is 0 Å². The van der Waals surface area contributed by atoms with Gasteiger partial charge in [0.05, 0.1) is 7.11 Å². The molecule has 134 valence electrons. The predicted molar refractivity (Wildman–Crippen MR) is 106 cm³/mol. The van der Waals surface area contributed by atoms with Gasteiger partial charge in [-0.25, -0.2) is 9.97 Å². The smallest absolute Gasteiger partial charge is 0.155 e. The summed E-state index contributed by atoms with van der Waals surface area (Å²) in [5.41, 5.74) is 8.85. The molecule has 0 aliphatic rings. The number of hydrogen-bond acceptors (Lipinski definition) is 6. The van der Waals surface area contributed by atoms with Crippen LogP contribution in [-0.4, -0.2) is 17.1 Å². The topological polar surface area (TPSA) is 85.1 Å². The molecule has 0 atom stereocenters. The molecule has 3 rings (SSSR count). The van der Waals surface area contributed by atoms with E-state index in [0.717, 1.165) is 16.9 Å². The van der Waals surface area contributed by atoms with Crippen LogP contribution in [0, 0.1) is 0 Å². The number of aromatic nitrogens is 2. The lowest BCUT2D eigenvalue weighted by molar-refractivity contribution is 0.414. The monoisotopic (exact) mass is 369 g/mol. The Labute approximate surface area is 157 Å². The number of benzene rings is 2. The highest BCUT2D eigenvalue weighted by molar-refractivity contribution is 6.30. The van der Waals surface area contributed by atoms with Crippen molar-refractivity contribution in [3.05, 3.63) is 71.0 Å². The van der Waals surface area contributed by atoms with Gasteiger partial charge in [0.15, 0.2) is 11.6 Å². The van der Waals surface area contributed by atoms with Crippen LogP contribution in [0.1, 0.15) is 11.1 Å². The van der Waals surface area contributed by atoms with E-state index in [4.69, 9.17) is 22.1 Å². The summed E-state index contributed by atoms with van der Waals surface area (Å²) in [5, 5.41) is 7.17. The number of nitrogens with two attached hydrogens (primary N) is 1. The second-order valence-corrected chi connectivity index (χ2v) is 6.10. The fourth-order valence-corrected chi connectivity index (χ4v) is 2.52. The van der Waals surface area contributed by atoms with Crippen LogP contribution in [0.25, 0.3) is 0 Å². The molecule has 3 aromatic rings. The van der Waals surface area contributed by atoms with Crippen LogP contribution in [0.15, 0.2) is 54.9 Å². The maximum atomic E-state index is 6.19. The van der Waals surface area contributed by atoms with Gasteiger partial charge in [-0.15, -0.1) is 0 Å². The maximum absolute atomic E-state index is 6.19. The predicted octanol–water partition coefficient (Wildman–Crippen LogP) is 3.95. The van der Waals surface area contributed by atoms with Crippen molar-refractivity contribution in [1.82, 2.24) is 9.97 Å².